The number of hydrogen-bond donors (Lipinski definition) is 0. The zero-order valence-electron chi connectivity index (χ0n) is 10.9. The number of para-hydroxylation sites is 1. The van der Waals surface area contributed by atoms with E-state index in [2.05, 4.69) is 44.2 Å². The summed E-state index contributed by atoms with van der Waals surface area (Å²) in [5.74, 6) is 0.597. The molecule has 0 saturated carbocycles. The molecule has 1 atom stereocenters. The fraction of sp³-hybridized carbons (Fsp3) is 0.500. The third-order valence-electron chi connectivity index (χ3n) is 3.49. The molecule has 1 aromatic rings. The maximum absolute atomic E-state index is 4.71. The van der Waals surface area contributed by atoms with Gasteiger partial charge in [0.15, 0.2) is 0 Å². The maximum Gasteiger partial charge on any atom is 0.0706 e. The summed E-state index contributed by atoms with van der Waals surface area (Å²) in [7, 11) is 0. The molecule has 1 aromatic carbocycles. The van der Waals surface area contributed by atoms with E-state index in [4.69, 9.17) is 5.32 Å². The van der Waals surface area contributed by atoms with Crippen LogP contribution in [0.5, 0.6) is 0 Å². The summed E-state index contributed by atoms with van der Waals surface area (Å²) in [6, 6.07) is 8.39. The van der Waals surface area contributed by atoms with Crippen LogP contribution in [0.25, 0.3) is 6.08 Å². The molecule has 1 unspecified atom stereocenters. The number of nitrogens with zero attached hydrogens (tertiary/aromatic N) is 1. The zero-order chi connectivity index (χ0) is 12.1. The van der Waals surface area contributed by atoms with Crippen molar-refractivity contribution in [3.05, 3.63) is 35.5 Å². The zero-order valence-corrected chi connectivity index (χ0v) is 10.9. The first kappa shape index (κ1) is 12.2. The smallest absolute Gasteiger partial charge is 0.0706 e. The van der Waals surface area contributed by atoms with E-state index >= 15 is 0 Å². The number of benzene rings is 1. The Kier molecular flexibility index (Phi) is 4.24. The lowest BCUT2D eigenvalue weighted by Gasteiger charge is -2.11. The largest absolute Gasteiger partial charge is 0.253 e. The van der Waals surface area contributed by atoms with Crippen molar-refractivity contribution < 1.29 is 0 Å². The Bertz CT molecular complexity index is 392. The summed E-state index contributed by atoms with van der Waals surface area (Å²) in [4.78, 5) is 0. The minimum Gasteiger partial charge on any atom is -0.253 e. The molecule has 0 bridgehead atoms. The van der Waals surface area contributed by atoms with Crippen LogP contribution in [0.15, 0.2) is 30.0 Å². The van der Waals surface area contributed by atoms with E-state index in [1.807, 2.05) is 0 Å². The normalized spacial score (nSPS) is 15.1. The molecule has 0 fully saturated rings. The summed E-state index contributed by atoms with van der Waals surface area (Å²) in [6.45, 7) is 4.56. The molecule has 1 heteroatoms. The number of allylic oxidation sites excluding steroid dienone is 1. The molecule has 17 heavy (non-hydrogen) atoms. The Morgan fingerprint density at radius 1 is 1.12 bits per heavy atom. The average molecular weight is 228 g/mol. The van der Waals surface area contributed by atoms with E-state index in [-0.39, 0.29) is 0 Å². The number of rotatable bonds is 6. The van der Waals surface area contributed by atoms with E-state index in [1.54, 1.807) is 0 Å². The first-order chi connectivity index (χ1) is 8.31. The molecule has 1 heterocycles. The monoisotopic (exact) mass is 228 g/mol. The Morgan fingerprint density at radius 3 is 2.71 bits per heavy atom. The van der Waals surface area contributed by atoms with Crippen LogP contribution in [-0.2, 0) is 0 Å². The highest BCUT2D eigenvalue weighted by molar-refractivity contribution is 5.71. The third kappa shape index (κ3) is 3.12. The van der Waals surface area contributed by atoms with Gasteiger partial charge in [-0.25, -0.2) is 0 Å². The van der Waals surface area contributed by atoms with Crippen LogP contribution in [-0.4, -0.2) is 0 Å². The molecule has 0 spiro atoms. The van der Waals surface area contributed by atoms with E-state index in [0.29, 0.717) is 5.92 Å². The molecule has 1 radical (unpaired) electrons. The number of hydrogen-bond acceptors (Lipinski definition) is 0. The molecule has 0 saturated heterocycles. The minimum atomic E-state index is 0.597. The van der Waals surface area contributed by atoms with Crippen molar-refractivity contribution in [1.29, 1.82) is 0 Å². The van der Waals surface area contributed by atoms with Crippen LogP contribution in [0, 0.1) is 5.92 Å². The summed E-state index contributed by atoms with van der Waals surface area (Å²) in [6.07, 6.45) is 8.89. The van der Waals surface area contributed by atoms with Gasteiger partial charge >= 0.3 is 0 Å². The second-order valence-electron chi connectivity index (χ2n) is 4.99. The average Bonchev–Trinajstić information content (AvgIpc) is 2.78. The lowest BCUT2D eigenvalue weighted by atomic mass is 9.99. The van der Waals surface area contributed by atoms with Crippen molar-refractivity contribution in [2.75, 3.05) is 0 Å². The quantitative estimate of drug-likeness (QED) is 0.616. The fourth-order valence-electron chi connectivity index (χ4n) is 2.32. The van der Waals surface area contributed by atoms with Gasteiger partial charge in [0.1, 0.15) is 0 Å². The van der Waals surface area contributed by atoms with Crippen LogP contribution in [0.4, 0.5) is 5.69 Å². The summed E-state index contributed by atoms with van der Waals surface area (Å²) < 4.78 is 0. The van der Waals surface area contributed by atoms with Crippen molar-refractivity contribution in [1.82, 2.24) is 5.32 Å². The van der Waals surface area contributed by atoms with Crippen LogP contribution in [0.1, 0.15) is 51.5 Å². The fourth-order valence-corrected chi connectivity index (χ4v) is 2.32. The lowest BCUT2D eigenvalue weighted by molar-refractivity contribution is 0.532. The number of fused-ring (bicyclic) bond motifs is 1. The molecular formula is C16H22N. The second-order valence-corrected chi connectivity index (χ2v) is 4.99. The molecule has 0 N–H and O–H groups in total. The lowest BCUT2D eigenvalue weighted by Crippen LogP contribution is -2.04. The van der Waals surface area contributed by atoms with Gasteiger partial charge in [0.2, 0.25) is 0 Å². The van der Waals surface area contributed by atoms with Gasteiger partial charge in [-0.05, 0) is 24.5 Å². The second kappa shape index (κ2) is 5.90. The van der Waals surface area contributed by atoms with E-state index in [9.17, 15) is 0 Å². The minimum absolute atomic E-state index is 0.597. The summed E-state index contributed by atoms with van der Waals surface area (Å²) >= 11 is 0. The Balaban J connectivity index is 1.85. The van der Waals surface area contributed by atoms with Crippen LogP contribution in [0.2, 0.25) is 0 Å². The van der Waals surface area contributed by atoms with E-state index in [1.165, 1.54) is 43.4 Å². The van der Waals surface area contributed by atoms with Gasteiger partial charge < -0.3 is 0 Å². The molecule has 0 aliphatic carbocycles. The van der Waals surface area contributed by atoms with Crippen LogP contribution in [0.3, 0.4) is 0 Å². The predicted molar refractivity (Wildman–Crippen MR) is 74.1 cm³/mol. The number of unbranched alkanes of at least 4 members (excludes halogenated alkanes) is 3. The van der Waals surface area contributed by atoms with Crippen molar-refractivity contribution in [3.63, 3.8) is 0 Å². The Morgan fingerprint density at radius 2 is 1.94 bits per heavy atom. The summed E-state index contributed by atoms with van der Waals surface area (Å²) in [5.41, 5.74) is 3.69. The van der Waals surface area contributed by atoms with Gasteiger partial charge in [-0.3, -0.25) is 5.32 Å². The molecule has 1 aliphatic rings. The molecule has 1 aliphatic heterocycles. The Hall–Kier alpha value is -1.24. The third-order valence-corrected chi connectivity index (χ3v) is 3.49. The van der Waals surface area contributed by atoms with Crippen LogP contribution < -0.4 is 5.32 Å². The molecule has 2 rings (SSSR count). The van der Waals surface area contributed by atoms with Gasteiger partial charge in [0.05, 0.1) is 5.69 Å². The first-order valence-electron chi connectivity index (χ1n) is 6.83. The van der Waals surface area contributed by atoms with Crippen molar-refractivity contribution in [2.24, 2.45) is 5.92 Å². The highest BCUT2D eigenvalue weighted by Crippen LogP contribution is 2.32. The highest BCUT2D eigenvalue weighted by Gasteiger charge is 2.17. The van der Waals surface area contributed by atoms with Gasteiger partial charge in [-0.1, -0.05) is 57.7 Å². The van der Waals surface area contributed by atoms with Gasteiger partial charge in [0, 0.05) is 11.3 Å². The SMILES string of the molecule is CCCCCCC(C)C1=Cc2ccccc2[N]1. The topological polar surface area (TPSA) is 14.1 Å². The van der Waals surface area contributed by atoms with Crippen molar-refractivity contribution >= 4 is 11.8 Å². The molecule has 0 amide bonds. The molecule has 91 valence electrons. The van der Waals surface area contributed by atoms with Crippen molar-refractivity contribution in [3.8, 4) is 0 Å². The van der Waals surface area contributed by atoms with Crippen LogP contribution >= 0.6 is 0 Å². The molecule has 1 nitrogen and oxygen atoms in total. The summed E-state index contributed by atoms with van der Waals surface area (Å²) in [5, 5.41) is 4.71. The highest BCUT2D eigenvalue weighted by atomic mass is 14.9. The molecular weight excluding hydrogens is 206 g/mol. The van der Waals surface area contributed by atoms with Gasteiger partial charge in [0.25, 0.3) is 0 Å². The standard InChI is InChI=1S/C16H22N/c1-3-4-5-6-9-13(2)16-12-14-10-7-8-11-15(14)17-16/h7-8,10-13H,3-6,9H2,1-2H3. The van der Waals surface area contributed by atoms with E-state index in [0.717, 1.165) is 5.69 Å². The van der Waals surface area contributed by atoms with Crippen molar-refractivity contribution in [2.45, 2.75) is 46.0 Å². The Labute approximate surface area is 105 Å². The van der Waals surface area contributed by atoms with Gasteiger partial charge in [-0.15, -0.1) is 0 Å². The predicted octanol–water partition coefficient (Wildman–Crippen LogP) is 4.88. The maximum atomic E-state index is 4.71. The van der Waals surface area contributed by atoms with E-state index < -0.39 is 0 Å². The molecule has 0 aromatic heterocycles. The first-order valence-corrected chi connectivity index (χ1v) is 6.83. The van der Waals surface area contributed by atoms with Gasteiger partial charge in [-0.2, -0.15) is 0 Å².